The number of benzene rings is 2. The number of hydrogen-bond acceptors (Lipinski definition) is 0. The van der Waals surface area contributed by atoms with Crippen molar-refractivity contribution < 1.29 is 0 Å². The highest BCUT2D eigenvalue weighted by molar-refractivity contribution is 6.67. The summed E-state index contributed by atoms with van der Waals surface area (Å²) in [5.74, 6) is 0. The zero-order valence-corrected chi connectivity index (χ0v) is 14.9. The van der Waals surface area contributed by atoms with Gasteiger partial charge in [0, 0.05) is 11.1 Å². The molecule has 0 aromatic heterocycles. The van der Waals surface area contributed by atoms with Crippen LogP contribution in [0.3, 0.4) is 0 Å². The quantitative estimate of drug-likeness (QED) is 0.485. The van der Waals surface area contributed by atoms with Gasteiger partial charge in [0.1, 0.15) is 0 Å². The highest BCUT2D eigenvalue weighted by Crippen LogP contribution is 2.40. The molecule has 0 atom stereocenters. The number of rotatable bonds is 2. The van der Waals surface area contributed by atoms with Crippen LogP contribution in [0.15, 0.2) is 48.5 Å². The molecule has 0 spiro atoms. The number of halogens is 6. The first-order chi connectivity index (χ1) is 9.66. The smallest absolute Gasteiger partial charge is 0.0784 e. The predicted octanol–water partition coefficient (Wildman–Crippen LogP) is 6.82. The molecule has 0 unspecified atom stereocenters. The Kier molecular flexibility index (Phi) is 5.63. The minimum absolute atomic E-state index is 0.565. The monoisotopic (exact) mass is 398 g/mol. The summed E-state index contributed by atoms with van der Waals surface area (Å²) in [4.78, 5) is 0. The Bertz CT molecular complexity index is 569. The predicted molar refractivity (Wildman–Crippen MR) is 92.8 cm³/mol. The minimum atomic E-state index is -1.48. The second-order valence-corrected chi connectivity index (χ2v) is 8.84. The molecule has 0 fully saturated rings. The summed E-state index contributed by atoms with van der Waals surface area (Å²) in [6.45, 7) is 0. The molecule has 21 heavy (non-hydrogen) atoms. The maximum absolute atomic E-state index is 5.87. The third-order valence-corrected chi connectivity index (χ3v) is 3.98. The summed E-state index contributed by atoms with van der Waals surface area (Å²) in [6.07, 6.45) is 3.18. The van der Waals surface area contributed by atoms with E-state index in [0.717, 1.165) is 11.1 Å². The van der Waals surface area contributed by atoms with Crippen molar-refractivity contribution in [2.24, 2.45) is 0 Å². The first-order valence-corrected chi connectivity index (χ1v) is 8.04. The van der Waals surface area contributed by atoms with Gasteiger partial charge in [0.2, 0.25) is 7.59 Å². The summed E-state index contributed by atoms with van der Waals surface area (Å²) in [5, 5.41) is 0. The summed E-state index contributed by atoms with van der Waals surface area (Å²) in [6, 6.07) is 14.2. The third-order valence-electron chi connectivity index (χ3n) is 2.67. The molecule has 2 rings (SSSR count). The molecule has 0 saturated heterocycles. The maximum atomic E-state index is 5.87. The van der Waals surface area contributed by atoms with Crippen molar-refractivity contribution in [2.45, 2.75) is 7.59 Å². The van der Waals surface area contributed by atoms with E-state index in [2.05, 4.69) is 6.42 Å². The van der Waals surface area contributed by atoms with E-state index in [1.807, 2.05) is 12.1 Å². The van der Waals surface area contributed by atoms with E-state index < -0.39 is 7.59 Å². The molecular formula is C15H8Cl6. The van der Waals surface area contributed by atoms with Gasteiger partial charge < -0.3 is 0 Å². The largest absolute Gasteiger partial charge is 0.216 e. The van der Waals surface area contributed by atoms with Gasteiger partial charge in [0.05, 0.1) is 6.42 Å². The average Bonchev–Trinajstić information content (AvgIpc) is 2.37. The van der Waals surface area contributed by atoms with Gasteiger partial charge in [-0.15, -0.1) is 0 Å². The molecule has 0 aliphatic heterocycles. The molecular weight excluding hydrogens is 393 g/mol. The zero-order valence-electron chi connectivity index (χ0n) is 10.4. The Morgan fingerprint density at radius 3 is 1.33 bits per heavy atom. The van der Waals surface area contributed by atoms with Gasteiger partial charge in [-0.1, -0.05) is 118 Å². The maximum Gasteiger partial charge on any atom is 0.216 e. The van der Waals surface area contributed by atoms with Crippen LogP contribution in [0.25, 0.3) is 0 Å². The second-order valence-electron chi connectivity index (χ2n) is 4.28. The Morgan fingerprint density at radius 1 is 0.619 bits per heavy atom. The van der Waals surface area contributed by atoms with E-state index in [1.165, 1.54) is 0 Å². The molecule has 0 aliphatic rings. The van der Waals surface area contributed by atoms with Crippen LogP contribution in [0.1, 0.15) is 22.3 Å². The summed E-state index contributed by atoms with van der Waals surface area (Å²) < 4.78 is -2.95. The molecule has 0 amide bonds. The van der Waals surface area contributed by atoms with E-state index in [9.17, 15) is 0 Å². The molecule has 0 N–H and O–H groups in total. The number of alkyl halides is 6. The minimum Gasteiger partial charge on any atom is -0.0784 e. The second kappa shape index (κ2) is 6.74. The summed E-state index contributed by atoms with van der Waals surface area (Å²) in [5.41, 5.74) is 2.66. The lowest BCUT2D eigenvalue weighted by atomic mass is 10.0. The Morgan fingerprint density at radius 2 is 1.00 bits per heavy atom. The topological polar surface area (TPSA) is 0 Å². The highest BCUT2D eigenvalue weighted by Gasteiger charge is 2.24. The molecule has 0 bridgehead atoms. The number of hydrogen-bond donors (Lipinski definition) is 0. The summed E-state index contributed by atoms with van der Waals surface area (Å²) in [7, 11) is 0. The van der Waals surface area contributed by atoms with Gasteiger partial charge in [-0.2, -0.15) is 0 Å². The van der Waals surface area contributed by atoms with Gasteiger partial charge in [-0.3, -0.25) is 0 Å². The Hall–Kier alpha value is 0.180. The molecule has 2 radical (unpaired) electrons. The molecule has 0 nitrogen and oxygen atoms in total. The Balaban J connectivity index is 2.27. The normalized spacial score (nSPS) is 12.5. The van der Waals surface area contributed by atoms with E-state index in [1.54, 1.807) is 36.4 Å². The molecule has 0 heterocycles. The van der Waals surface area contributed by atoms with Gasteiger partial charge in [0.15, 0.2) is 0 Å². The van der Waals surface area contributed by atoms with Crippen LogP contribution in [-0.2, 0) is 7.59 Å². The van der Waals surface area contributed by atoms with Crippen molar-refractivity contribution in [3.8, 4) is 0 Å². The van der Waals surface area contributed by atoms with Crippen LogP contribution in [0.4, 0.5) is 0 Å². The third kappa shape index (κ3) is 5.10. The van der Waals surface area contributed by atoms with Crippen LogP contribution >= 0.6 is 69.6 Å². The van der Waals surface area contributed by atoms with Gasteiger partial charge in [-0.25, -0.2) is 0 Å². The standard InChI is InChI=1S/C15H8Cl6/c16-14(17,18)12-5-1-3-10(8-12)7-11-4-2-6-13(9-11)15(19,20)21/h1-6,8-9H. The van der Waals surface area contributed by atoms with E-state index in [0.29, 0.717) is 11.1 Å². The van der Waals surface area contributed by atoms with Crippen molar-refractivity contribution >= 4 is 69.6 Å². The Labute approximate surface area is 153 Å². The van der Waals surface area contributed by atoms with Crippen LogP contribution in [-0.4, -0.2) is 0 Å². The molecule has 2 aromatic carbocycles. The van der Waals surface area contributed by atoms with E-state index >= 15 is 0 Å². The lowest BCUT2D eigenvalue weighted by Gasteiger charge is -2.14. The van der Waals surface area contributed by atoms with Crippen molar-refractivity contribution in [3.05, 3.63) is 77.2 Å². The van der Waals surface area contributed by atoms with Crippen molar-refractivity contribution in [2.75, 3.05) is 0 Å². The highest BCUT2D eigenvalue weighted by atomic mass is 35.6. The fourth-order valence-corrected chi connectivity index (χ4v) is 2.42. The molecule has 6 heteroatoms. The molecule has 0 saturated carbocycles. The van der Waals surface area contributed by atoms with Crippen molar-refractivity contribution in [1.82, 2.24) is 0 Å². The van der Waals surface area contributed by atoms with Crippen LogP contribution in [0.5, 0.6) is 0 Å². The average molecular weight is 401 g/mol. The van der Waals surface area contributed by atoms with Gasteiger partial charge in [0.25, 0.3) is 0 Å². The van der Waals surface area contributed by atoms with Crippen molar-refractivity contribution in [3.63, 3.8) is 0 Å². The van der Waals surface area contributed by atoms with Crippen LogP contribution in [0, 0.1) is 6.42 Å². The summed E-state index contributed by atoms with van der Waals surface area (Å²) >= 11 is 35.2. The van der Waals surface area contributed by atoms with Crippen LogP contribution < -0.4 is 0 Å². The van der Waals surface area contributed by atoms with Gasteiger partial charge >= 0.3 is 0 Å². The van der Waals surface area contributed by atoms with E-state index in [4.69, 9.17) is 69.6 Å². The zero-order chi connectivity index (χ0) is 15.7. The molecule has 2 aromatic rings. The first-order valence-electron chi connectivity index (χ1n) is 5.78. The van der Waals surface area contributed by atoms with Gasteiger partial charge in [-0.05, 0) is 11.1 Å². The fourth-order valence-electron chi connectivity index (χ4n) is 1.71. The fraction of sp³-hybridized carbons (Fsp3) is 0.133. The lowest BCUT2D eigenvalue weighted by molar-refractivity contribution is 1.21. The lowest BCUT2D eigenvalue weighted by Crippen LogP contribution is -2.02. The molecule has 0 aliphatic carbocycles. The van der Waals surface area contributed by atoms with Crippen molar-refractivity contribution in [1.29, 1.82) is 0 Å². The van der Waals surface area contributed by atoms with E-state index in [-0.39, 0.29) is 0 Å². The van der Waals surface area contributed by atoms with Crippen LogP contribution in [0.2, 0.25) is 0 Å². The molecule has 110 valence electrons. The SMILES string of the molecule is ClC(Cl)(Cl)c1cccc([C]c2cccc(C(Cl)(Cl)Cl)c2)c1. The first kappa shape index (κ1) is 17.5.